The van der Waals surface area contributed by atoms with Crippen molar-refractivity contribution in [1.82, 2.24) is 0 Å². The van der Waals surface area contributed by atoms with Gasteiger partial charge in [0.05, 0.1) is 6.10 Å². The van der Waals surface area contributed by atoms with Crippen molar-refractivity contribution in [1.29, 1.82) is 0 Å². The van der Waals surface area contributed by atoms with Gasteiger partial charge in [-0.1, -0.05) is 25.5 Å². The Kier molecular flexibility index (Phi) is 3.10. The Labute approximate surface area is 128 Å². The summed E-state index contributed by atoms with van der Waals surface area (Å²) < 4.78 is 14.1. The smallest absolute Gasteiger partial charge is 0.101 e. The molecule has 0 aromatic carbocycles. The molecule has 0 spiro atoms. The fourth-order valence-electron chi connectivity index (χ4n) is 6.69. The van der Waals surface area contributed by atoms with Gasteiger partial charge in [-0.25, -0.2) is 4.39 Å². The number of alkyl halides is 1. The lowest BCUT2D eigenvalue weighted by Crippen LogP contribution is -2.53. The highest BCUT2D eigenvalue weighted by molar-refractivity contribution is 5.26. The van der Waals surface area contributed by atoms with Gasteiger partial charge in [0.15, 0.2) is 0 Å². The van der Waals surface area contributed by atoms with Crippen LogP contribution in [0.25, 0.3) is 0 Å². The van der Waals surface area contributed by atoms with E-state index < -0.39 is 6.17 Å². The standard InChI is InChI=1S/C19H29FO/c1-18-9-8-15-14(16(18)10-13(20)11-18)7-6-12-4-3-5-17(21)19(12,15)2/h6,13-17,21H,3-5,7-11H2,1-2H3/t13?,14-,15-,16+,17?,18-,19+/m1/s1. The first-order valence-electron chi connectivity index (χ1n) is 8.97. The SMILES string of the molecule is C[C@]12CC[C@@H]3[C@@H](CC=C4CCCC(O)[C@@]43C)[C@@H]1CC(F)C2. The van der Waals surface area contributed by atoms with Crippen LogP contribution in [0.1, 0.15) is 65.2 Å². The molecular formula is C19H29FO. The number of hydrogen-bond donors (Lipinski definition) is 1. The molecule has 4 aliphatic rings. The molecule has 3 fully saturated rings. The summed E-state index contributed by atoms with van der Waals surface area (Å²) in [6.45, 7) is 4.64. The van der Waals surface area contributed by atoms with Crippen LogP contribution >= 0.6 is 0 Å². The Balaban J connectivity index is 1.71. The van der Waals surface area contributed by atoms with Crippen LogP contribution in [-0.2, 0) is 0 Å². The fraction of sp³-hybridized carbons (Fsp3) is 0.895. The molecule has 1 nitrogen and oxygen atoms in total. The van der Waals surface area contributed by atoms with Crippen molar-refractivity contribution in [3.05, 3.63) is 11.6 Å². The lowest BCUT2D eigenvalue weighted by molar-refractivity contribution is -0.0814. The largest absolute Gasteiger partial charge is 0.392 e. The minimum absolute atomic E-state index is 0.0170. The van der Waals surface area contributed by atoms with Gasteiger partial charge in [0.2, 0.25) is 0 Å². The van der Waals surface area contributed by atoms with Crippen molar-refractivity contribution >= 4 is 0 Å². The number of aliphatic hydroxyl groups is 1. The average molecular weight is 292 g/mol. The Morgan fingerprint density at radius 1 is 1.24 bits per heavy atom. The summed E-state index contributed by atoms with van der Waals surface area (Å²) in [6.07, 6.45) is 9.94. The third-order valence-electron chi connectivity index (χ3n) is 7.87. The monoisotopic (exact) mass is 292 g/mol. The second-order valence-electron chi connectivity index (χ2n) is 8.76. The Hall–Kier alpha value is -0.370. The van der Waals surface area contributed by atoms with Crippen molar-refractivity contribution < 1.29 is 9.50 Å². The number of rotatable bonds is 0. The van der Waals surface area contributed by atoms with Gasteiger partial charge in [-0.2, -0.15) is 0 Å². The highest BCUT2D eigenvalue weighted by Crippen LogP contribution is 2.65. The molecule has 1 N–H and O–H groups in total. The van der Waals surface area contributed by atoms with Crippen LogP contribution in [0, 0.1) is 28.6 Å². The molecule has 0 saturated heterocycles. The summed E-state index contributed by atoms with van der Waals surface area (Å²) >= 11 is 0. The molecule has 0 bridgehead atoms. The van der Waals surface area contributed by atoms with E-state index in [9.17, 15) is 9.50 Å². The Morgan fingerprint density at radius 2 is 2.05 bits per heavy atom. The van der Waals surface area contributed by atoms with Gasteiger partial charge in [-0.05, 0) is 74.5 Å². The van der Waals surface area contributed by atoms with Crippen LogP contribution in [0.5, 0.6) is 0 Å². The number of aliphatic hydroxyl groups excluding tert-OH is 1. The number of hydrogen-bond acceptors (Lipinski definition) is 1. The highest BCUT2D eigenvalue weighted by atomic mass is 19.1. The van der Waals surface area contributed by atoms with Gasteiger partial charge < -0.3 is 5.11 Å². The van der Waals surface area contributed by atoms with E-state index in [4.69, 9.17) is 0 Å². The quantitative estimate of drug-likeness (QED) is 0.644. The zero-order valence-electron chi connectivity index (χ0n) is 13.4. The van der Waals surface area contributed by atoms with E-state index in [1.807, 2.05) is 0 Å². The summed E-state index contributed by atoms with van der Waals surface area (Å²) in [7, 11) is 0. The third-order valence-corrected chi connectivity index (χ3v) is 7.87. The first-order chi connectivity index (χ1) is 9.95. The van der Waals surface area contributed by atoms with Gasteiger partial charge >= 0.3 is 0 Å². The molecule has 3 saturated carbocycles. The van der Waals surface area contributed by atoms with Gasteiger partial charge in [-0.3, -0.25) is 0 Å². The van der Waals surface area contributed by atoms with Crippen LogP contribution in [0.15, 0.2) is 11.6 Å². The summed E-state index contributed by atoms with van der Waals surface area (Å²) in [5.74, 6) is 1.72. The maximum Gasteiger partial charge on any atom is 0.101 e. The molecule has 0 aliphatic heterocycles. The van der Waals surface area contributed by atoms with E-state index >= 15 is 0 Å². The predicted molar refractivity (Wildman–Crippen MR) is 82.6 cm³/mol. The lowest BCUT2D eigenvalue weighted by Gasteiger charge is -2.58. The molecule has 7 atom stereocenters. The third kappa shape index (κ3) is 1.84. The molecule has 0 aromatic rings. The first-order valence-corrected chi connectivity index (χ1v) is 8.97. The van der Waals surface area contributed by atoms with Gasteiger partial charge in [-0.15, -0.1) is 0 Å². The van der Waals surface area contributed by atoms with Gasteiger partial charge in [0.1, 0.15) is 6.17 Å². The summed E-state index contributed by atoms with van der Waals surface area (Å²) in [5, 5.41) is 10.7. The van der Waals surface area contributed by atoms with Gasteiger partial charge in [0.25, 0.3) is 0 Å². The lowest BCUT2D eigenvalue weighted by atomic mass is 9.47. The molecular weight excluding hydrogens is 263 g/mol. The molecule has 0 amide bonds. The van der Waals surface area contributed by atoms with Crippen LogP contribution in [-0.4, -0.2) is 17.4 Å². The van der Waals surface area contributed by atoms with Crippen LogP contribution in [0.2, 0.25) is 0 Å². The molecule has 4 rings (SSSR count). The summed E-state index contributed by atoms with van der Waals surface area (Å²) in [5.41, 5.74) is 1.72. The van der Waals surface area contributed by atoms with Crippen LogP contribution < -0.4 is 0 Å². The van der Waals surface area contributed by atoms with Crippen molar-refractivity contribution in [2.75, 3.05) is 0 Å². The van der Waals surface area contributed by atoms with E-state index in [1.54, 1.807) is 0 Å². The molecule has 118 valence electrons. The molecule has 21 heavy (non-hydrogen) atoms. The van der Waals surface area contributed by atoms with E-state index in [1.165, 1.54) is 18.4 Å². The minimum atomic E-state index is -0.590. The first kappa shape index (κ1) is 14.2. The topological polar surface area (TPSA) is 20.2 Å². The van der Waals surface area contributed by atoms with Crippen molar-refractivity contribution in [2.45, 2.75) is 77.5 Å². The Bertz CT molecular complexity index is 472. The molecule has 2 unspecified atom stereocenters. The van der Waals surface area contributed by atoms with Crippen molar-refractivity contribution in [2.24, 2.45) is 28.6 Å². The number of allylic oxidation sites excluding steroid dienone is 1. The highest BCUT2D eigenvalue weighted by Gasteiger charge is 2.59. The van der Waals surface area contributed by atoms with E-state index in [2.05, 4.69) is 19.9 Å². The zero-order valence-corrected chi connectivity index (χ0v) is 13.4. The van der Waals surface area contributed by atoms with E-state index in [0.29, 0.717) is 17.8 Å². The molecule has 2 heteroatoms. The second kappa shape index (κ2) is 4.57. The maximum absolute atomic E-state index is 14.1. The zero-order chi connectivity index (χ0) is 14.8. The molecule has 4 aliphatic carbocycles. The average Bonchev–Trinajstić information content (AvgIpc) is 2.74. The van der Waals surface area contributed by atoms with Gasteiger partial charge in [0, 0.05) is 5.41 Å². The van der Waals surface area contributed by atoms with Crippen molar-refractivity contribution in [3.63, 3.8) is 0 Å². The summed E-state index contributed by atoms with van der Waals surface area (Å²) in [4.78, 5) is 0. The minimum Gasteiger partial charge on any atom is -0.392 e. The normalized spacial score (nSPS) is 56.2. The van der Waals surface area contributed by atoms with Crippen molar-refractivity contribution in [3.8, 4) is 0 Å². The fourth-order valence-corrected chi connectivity index (χ4v) is 6.69. The maximum atomic E-state index is 14.1. The van der Waals surface area contributed by atoms with Crippen LogP contribution in [0.3, 0.4) is 0 Å². The summed E-state index contributed by atoms with van der Waals surface area (Å²) in [6, 6.07) is 0. The van der Waals surface area contributed by atoms with Crippen LogP contribution in [0.4, 0.5) is 4.39 Å². The number of halogens is 1. The Morgan fingerprint density at radius 3 is 2.86 bits per heavy atom. The molecule has 0 heterocycles. The second-order valence-corrected chi connectivity index (χ2v) is 8.76. The van der Waals surface area contributed by atoms with E-state index in [0.717, 1.165) is 38.5 Å². The molecule has 0 aromatic heterocycles. The molecule has 0 radical (unpaired) electrons. The van der Waals surface area contributed by atoms with E-state index in [-0.39, 0.29) is 16.9 Å². The predicted octanol–water partition coefficient (Wildman–Crippen LogP) is 4.65. The number of fused-ring (bicyclic) bond motifs is 5.